The first-order valence-corrected chi connectivity index (χ1v) is 15.4. The van der Waals surface area contributed by atoms with Gasteiger partial charge in [-0.2, -0.15) is 0 Å². The highest BCUT2D eigenvalue weighted by Crippen LogP contribution is 2.43. The molecule has 3 aliphatic heterocycles. The molecule has 0 amide bonds. The van der Waals surface area contributed by atoms with Gasteiger partial charge < -0.3 is 23.9 Å². The summed E-state index contributed by atoms with van der Waals surface area (Å²) >= 11 is 5.96. The molecule has 4 aromatic rings. The maximum absolute atomic E-state index is 14.7. The highest BCUT2D eigenvalue weighted by Gasteiger charge is 2.29. The van der Waals surface area contributed by atoms with Crippen LogP contribution < -0.4 is 9.47 Å². The molecule has 2 atom stereocenters. The van der Waals surface area contributed by atoms with E-state index in [4.69, 9.17) is 30.8 Å². The van der Waals surface area contributed by atoms with Crippen LogP contribution >= 0.6 is 11.6 Å². The third-order valence-corrected chi connectivity index (χ3v) is 8.91. The molecule has 1 aromatic heterocycles. The molecular weight excluding hydrogens is 585 g/mol. The molecule has 10 heteroatoms. The Morgan fingerprint density at radius 1 is 1.14 bits per heavy atom. The van der Waals surface area contributed by atoms with E-state index in [0.29, 0.717) is 41.7 Å². The standard InChI is InChI=1S/C34H33ClFN3O5/c35-23-8-9-26(27(36)17-23)31-20-43-30-6-3-5-25(33(30)44-31)21-11-13-38(14-12-21)19-32-37-28-10-7-22(34(40)41)16-29(28)39(32)18-24-4-1-2-15-42-24/h3,5-11,16-17,24,31H,1-2,4,12-15,18-20H2,(H,40,41)/t24-,31?/m0/s1. The van der Waals surface area contributed by atoms with Gasteiger partial charge in [0.05, 0.1) is 35.8 Å². The van der Waals surface area contributed by atoms with Crippen LogP contribution in [0.3, 0.4) is 0 Å². The van der Waals surface area contributed by atoms with Gasteiger partial charge in [-0.3, -0.25) is 4.90 Å². The van der Waals surface area contributed by atoms with Crippen molar-refractivity contribution in [3.8, 4) is 11.5 Å². The topological polar surface area (TPSA) is 86.0 Å². The smallest absolute Gasteiger partial charge is 0.335 e. The van der Waals surface area contributed by atoms with Crippen molar-refractivity contribution in [2.24, 2.45) is 0 Å². The van der Waals surface area contributed by atoms with Gasteiger partial charge in [0.15, 0.2) is 17.6 Å². The van der Waals surface area contributed by atoms with Crippen molar-refractivity contribution in [2.45, 2.75) is 51.0 Å². The van der Waals surface area contributed by atoms with Gasteiger partial charge in [0, 0.05) is 35.8 Å². The van der Waals surface area contributed by atoms with Crippen molar-refractivity contribution < 1.29 is 28.5 Å². The van der Waals surface area contributed by atoms with Crippen molar-refractivity contribution in [1.82, 2.24) is 14.5 Å². The first-order valence-electron chi connectivity index (χ1n) is 15.1. The Balaban J connectivity index is 1.12. The largest absolute Gasteiger partial charge is 0.485 e. The number of halogens is 2. The minimum absolute atomic E-state index is 0.0814. The van der Waals surface area contributed by atoms with Crippen molar-refractivity contribution in [2.75, 3.05) is 26.3 Å². The molecule has 228 valence electrons. The summed E-state index contributed by atoms with van der Waals surface area (Å²) in [6.07, 6.45) is 5.66. The normalized spacial score (nSPS) is 20.5. The molecule has 0 radical (unpaired) electrons. The van der Waals surface area contributed by atoms with Gasteiger partial charge in [-0.05, 0) is 67.7 Å². The second kappa shape index (κ2) is 12.2. The molecule has 0 saturated carbocycles. The Morgan fingerprint density at radius 2 is 2.05 bits per heavy atom. The molecule has 1 fully saturated rings. The summed E-state index contributed by atoms with van der Waals surface area (Å²) in [6, 6.07) is 15.6. The maximum Gasteiger partial charge on any atom is 0.335 e. The quantitative estimate of drug-likeness (QED) is 0.241. The van der Waals surface area contributed by atoms with Crippen LogP contribution in [-0.2, 0) is 17.8 Å². The first kappa shape index (κ1) is 28.8. The number of para-hydroxylation sites is 1. The van der Waals surface area contributed by atoms with Gasteiger partial charge in [-0.15, -0.1) is 0 Å². The Kier molecular flexibility index (Phi) is 8.01. The van der Waals surface area contributed by atoms with E-state index >= 15 is 0 Å². The Hall–Kier alpha value is -3.92. The number of benzene rings is 3. The molecule has 8 nitrogen and oxygen atoms in total. The average molecular weight is 618 g/mol. The van der Waals surface area contributed by atoms with Crippen LogP contribution in [0.4, 0.5) is 4.39 Å². The van der Waals surface area contributed by atoms with Crippen LogP contribution in [0.2, 0.25) is 5.02 Å². The van der Waals surface area contributed by atoms with E-state index in [2.05, 4.69) is 15.5 Å². The van der Waals surface area contributed by atoms with Crippen LogP contribution in [0.1, 0.15) is 59.1 Å². The molecule has 0 bridgehead atoms. The third kappa shape index (κ3) is 5.79. The SMILES string of the molecule is O=C(O)c1ccc2nc(CN3CC=C(c4cccc5c4OC(c4ccc(Cl)cc4F)CO5)CC3)n(C[C@@H]3CCCCO3)c2c1. The summed E-state index contributed by atoms with van der Waals surface area (Å²) in [4.78, 5) is 19.0. The predicted molar refractivity (Wildman–Crippen MR) is 165 cm³/mol. The maximum atomic E-state index is 14.7. The number of carboxylic acid groups (broad SMARTS) is 1. The van der Waals surface area contributed by atoms with Crippen molar-refractivity contribution in [1.29, 1.82) is 0 Å². The number of aromatic nitrogens is 2. The zero-order chi connectivity index (χ0) is 30.2. The van der Waals surface area contributed by atoms with Crippen molar-refractivity contribution in [3.05, 3.63) is 94.0 Å². The van der Waals surface area contributed by atoms with Gasteiger partial charge in [0.1, 0.15) is 18.2 Å². The molecule has 4 heterocycles. The summed E-state index contributed by atoms with van der Waals surface area (Å²) in [5.41, 5.74) is 4.36. The van der Waals surface area contributed by atoms with E-state index in [1.807, 2.05) is 18.2 Å². The minimum atomic E-state index is -0.953. The van der Waals surface area contributed by atoms with Gasteiger partial charge in [-0.25, -0.2) is 14.2 Å². The number of nitrogens with zero attached hydrogens (tertiary/aromatic N) is 3. The summed E-state index contributed by atoms with van der Waals surface area (Å²) in [7, 11) is 0. The zero-order valence-corrected chi connectivity index (χ0v) is 24.9. The summed E-state index contributed by atoms with van der Waals surface area (Å²) in [5.74, 6) is 0.804. The number of ether oxygens (including phenoxy) is 3. The highest BCUT2D eigenvalue weighted by atomic mass is 35.5. The van der Waals surface area contributed by atoms with E-state index in [1.54, 1.807) is 30.3 Å². The molecule has 0 aliphatic carbocycles. The summed E-state index contributed by atoms with van der Waals surface area (Å²) in [5, 5.41) is 9.94. The monoisotopic (exact) mass is 617 g/mol. The first-order chi connectivity index (χ1) is 21.4. The van der Waals surface area contributed by atoms with Crippen molar-refractivity contribution >= 4 is 34.2 Å². The molecule has 1 saturated heterocycles. The molecule has 1 N–H and O–H groups in total. The molecular formula is C34H33ClFN3O5. The average Bonchev–Trinajstić information content (AvgIpc) is 3.37. The molecule has 3 aliphatic rings. The number of hydrogen-bond donors (Lipinski definition) is 1. The molecule has 0 spiro atoms. The predicted octanol–water partition coefficient (Wildman–Crippen LogP) is 6.90. The van der Waals surface area contributed by atoms with Gasteiger partial charge in [-0.1, -0.05) is 35.9 Å². The van der Waals surface area contributed by atoms with Gasteiger partial charge in [0.2, 0.25) is 0 Å². The summed E-state index contributed by atoms with van der Waals surface area (Å²) in [6.45, 7) is 3.74. The Morgan fingerprint density at radius 3 is 2.82 bits per heavy atom. The van der Waals surface area contributed by atoms with Gasteiger partial charge >= 0.3 is 5.97 Å². The van der Waals surface area contributed by atoms with E-state index in [9.17, 15) is 14.3 Å². The van der Waals surface area contributed by atoms with E-state index in [1.165, 1.54) is 6.07 Å². The van der Waals surface area contributed by atoms with Crippen molar-refractivity contribution in [3.63, 3.8) is 0 Å². The second-order valence-electron chi connectivity index (χ2n) is 11.6. The molecule has 1 unspecified atom stereocenters. The lowest BCUT2D eigenvalue weighted by atomic mass is 9.97. The number of fused-ring (bicyclic) bond motifs is 2. The minimum Gasteiger partial charge on any atom is -0.485 e. The third-order valence-electron chi connectivity index (χ3n) is 8.68. The Bertz CT molecular complexity index is 1750. The highest BCUT2D eigenvalue weighted by molar-refractivity contribution is 6.30. The fourth-order valence-electron chi connectivity index (χ4n) is 6.35. The number of carboxylic acids is 1. The molecule has 7 rings (SSSR count). The van der Waals surface area contributed by atoms with Crippen LogP contribution in [0.5, 0.6) is 11.5 Å². The van der Waals surface area contributed by atoms with Crippen LogP contribution in [0.25, 0.3) is 16.6 Å². The zero-order valence-electron chi connectivity index (χ0n) is 24.2. The van der Waals surface area contributed by atoms with Crippen LogP contribution in [-0.4, -0.2) is 57.9 Å². The van der Waals surface area contributed by atoms with Gasteiger partial charge in [0.25, 0.3) is 0 Å². The van der Waals surface area contributed by atoms with Crippen LogP contribution in [0.15, 0.2) is 60.7 Å². The van der Waals surface area contributed by atoms with E-state index < -0.39 is 17.9 Å². The number of carbonyl (C=O) groups is 1. The fraction of sp³-hybridized carbons (Fsp3) is 0.353. The van der Waals surface area contributed by atoms with E-state index in [0.717, 1.165) is 66.8 Å². The number of imidazole rings is 1. The lowest BCUT2D eigenvalue weighted by Gasteiger charge is -2.31. The fourth-order valence-corrected chi connectivity index (χ4v) is 6.50. The lowest BCUT2D eigenvalue weighted by Crippen LogP contribution is -2.31. The molecule has 3 aromatic carbocycles. The number of rotatable bonds is 7. The second-order valence-corrected chi connectivity index (χ2v) is 12.0. The molecule has 44 heavy (non-hydrogen) atoms. The number of aromatic carboxylic acids is 1. The summed E-state index contributed by atoms with van der Waals surface area (Å²) < 4.78 is 35.3. The van der Waals surface area contributed by atoms with E-state index in [-0.39, 0.29) is 18.3 Å². The van der Waals surface area contributed by atoms with Crippen LogP contribution in [0, 0.1) is 5.82 Å². The lowest BCUT2D eigenvalue weighted by molar-refractivity contribution is 0.00590. The number of hydrogen-bond acceptors (Lipinski definition) is 6. The Labute approximate surface area is 259 Å².